The molecule has 0 spiro atoms. The van der Waals surface area contributed by atoms with E-state index in [0.717, 1.165) is 27.6 Å². The van der Waals surface area contributed by atoms with Gasteiger partial charge in [-0.25, -0.2) is 4.98 Å². The zero-order valence-corrected chi connectivity index (χ0v) is 12.1. The van der Waals surface area contributed by atoms with Crippen molar-refractivity contribution in [2.75, 3.05) is 0 Å². The van der Waals surface area contributed by atoms with Crippen LogP contribution < -0.4 is 0 Å². The van der Waals surface area contributed by atoms with Crippen LogP contribution in [0.25, 0.3) is 21.9 Å². The van der Waals surface area contributed by atoms with E-state index < -0.39 is 0 Å². The fourth-order valence-electron chi connectivity index (χ4n) is 2.77. The van der Waals surface area contributed by atoms with Crippen molar-refractivity contribution in [3.63, 3.8) is 0 Å². The van der Waals surface area contributed by atoms with Gasteiger partial charge < -0.3 is 4.98 Å². The number of aromatic amines is 1. The predicted octanol–water partition coefficient (Wildman–Crippen LogP) is 4.26. The Bertz CT molecular complexity index is 1000. The van der Waals surface area contributed by atoms with E-state index >= 15 is 0 Å². The maximum Gasteiger partial charge on any atom is 0.193 e. The molecule has 0 saturated carbocycles. The third kappa shape index (κ3) is 1.99. The van der Waals surface area contributed by atoms with Gasteiger partial charge in [-0.05, 0) is 37.3 Å². The molecule has 0 atom stereocenters. The van der Waals surface area contributed by atoms with Crippen molar-refractivity contribution in [3.8, 4) is 0 Å². The lowest BCUT2D eigenvalue weighted by atomic mass is 10.0. The molecule has 0 unspecified atom stereocenters. The average molecular weight is 286 g/mol. The molecule has 2 heterocycles. The number of nitrogens with one attached hydrogen (secondary N) is 1. The van der Waals surface area contributed by atoms with Gasteiger partial charge >= 0.3 is 0 Å². The lowest BCUT2D eigenvalue weighted by Gasteiger charge is -2.01. The van der Waals surface area contributed by atoms with Crippen LogP contribution in [0.4, 0.5) is 0 Å². The number of pyridine rings is 1. The van der Waals surface area contributed by atoms with Crippen molar-refractivity contribution in [2.45, 2.75) is 6.92 Å². The quantitative estimate of drug-likeness (QED) is 0.560. The first kappa shape index (κ1) is 12.8. The Kier molecular flexibility index (Phi) is 2.79. The van der Waals surface area contributed by atoms with E-state index in [9.17, 15) is 4.79 Å². The average Bonchev–Trinajstić information content (AvgIpc) is 2.91. The molecule has 22 heavy (non-hydrogen) atoms. The molecule has 3 heteroatoms. The molecule has 0 bridgehead atoms. The van der Waals surface area contributed by atoms with Gasteiger partial charge in [-0.3, -0.25) is 4.79 Å². The standard InChI is InChI=1S/C19H14N2O/c1-12-7-9-15-16-11-14(8-10-17(16)21-19(15)20-12)18(22)13-5-3-2-4-6-13/h2-11H,1H3,(H,20,21). The van der Waals surface area contributed by atoms with E-state index in [0.29, 0.717) is 11.1 Å². The van der Waals surface area contributed by atoms with E-state index in [4.69, 9.17) is 0 Å². The third-order valence-electron chi connectivity index (χ3n) is 3.90. The number of nitrogens with zero attached hydrogens (tertiary/aromatic N) is 1. The summed E-state index contributed by atoms with van der Waals surface area (Å²) in [4.78, 5) is 20.4. The van der Waals surface area contributed by atoms with Crippen LogP contribution in [-0.2, 0) is 0 Å². The van der Waals surface area contributed by atoms with Crippen molar-refractivity contribution in [3.05, 3.63) is 77.5 Å². The van der Waals surface area contributed by atoms with Gasteiger partial charge in [0.2, 0.25) is 0 Å². The molecule has 4 aromatic rings. The smallest absolute Gasteiger partial charge is 0.193 e. The first-order valence-corrected chi connectivity index (χ1v) is 7.21. The lowest BCUT2D eigenvalue weighted by Crippen LogP contribution is -2.00. The summed E-state index contributed by atoms with van der Waals surface area (Å²) in [6, 6.07) is 19.1. The maximum absolute atomic E-state index is 12.6. The van der Waals surface area contributed by atoms with Gasteiger partial charge in [0.05, 0.1) is 0 Å². The summed E-state index contributed by atoms with van der Waals surface area (Å²) in [6.45, 7) is 1.97. The van der Waals surface area contributed by atoms with Crippen molar-refractivity contribution in [2.24, 2.45) is 0 Å². The Balaban J connectivity index is 1.90. The molecule has 4 rings (SSSR count). The Morgan fingerprint density at radius 3 is 2.55 bits per heavy atom. The summed E-state index contributed by atoms with van der Waals surface area (Å²) in [6.07, 6.45) is 0. The van der Waals surface area contributed by atoms with E-state index in [1.165, 1.54) is 0 Å². The van der Waals surface area contributed by atoms with E-state index in [-0.39, 0.29) is 5.78 Å². The van der Waals surface area contributed by atoms with Gasteiger partial charge in [0.1, 0.15) is 5.65 Å². The number of aromatic nitrogens is 2. The van der Waals surface area contributed by atoms with Crippen LogP contribution in [0.3, 0.4) is 0 Å². The third-order valence-corrected chi connectivity index (χ3v) is 3.90. The van der Waals surface area contributed by atoms with Crippen LogP contribution in [0, 0.1) is 6.92 Å². The van der Waals surface area contributed by atoms with Crippen molar-refractivity contribution < 1.29 is 4.79 Å². The number of rotatable bonds is 2. The summed E-state index contributed by atoms with van der Waals surface area (Å²) in [5, 5.41) is 2.08. The number of fused-ring (bicyclic) bond motifs is 3. The normalized spacial score (nSPS) is 11.1. The fourth-order valence-corrected chi connectivity index (χ4v) is 2.77. The van der Waals surface area contributed by atoms with Gasteiger partial charge in [0.15, 0.2) is 5.78 Å². The summed E-state index contributed by atoms with van der Waals surface area (Å²) in [5.41, 5.74) is 4.23. The molecule has 0 aliphatic carbocycles. The molecular weight excluding hydrogens is 272 g/mol. The summed E-state index contributed by atoms with van der Waals surface area (Å²) < 4.78 is 0. The molecule has 0 aliphatic rings. The van der Waals surface area contributed by atoms with E-state index in [1.54, 1.807) is 0 Å². The molecule has 2 aromatic heterocycles. The topological polar surface area (TPSA) is 45.8 Å². The summed E-state index contributed by atoms with van der Waals surface area (Å²) in [5.74, 6) is 0.0388. The molecule has 0 amide bonds. The van der Waals surface area contributed by atoms with Crippen molar-refractivity contribution in [1.29, 1.82) is 0 Å². The summed E-state index contributed by atoms with van der Waals surface area (Å²) in [7, 11) is 0. The highest BCUT2D eigenvalue weighted by atomic mass is 16.1. The zero-order chi connectivity index (χ0) is 15.1. The molecule has 0 fully saturated rings. The zero-order valence-electron chi connectivity index (χ0n) is 12.1. The van der Waals surface area contributed by atoms with Crippen LogP contribution in [-0.4, -0.2) is 15.8 Å². The minimum Gasteiger partial charge on any atom is -0.339 e. The Morgan fingerprint density at radius 1 is 0.909 bits per heavy atom. The van der Waals surface area contributed by atoms with Gasteiger partial charge in [-0.1, -0.05) is 30.3 Å². The van der Waals surface area contributed by atoms with Crippen LogP contribution >= 0.6 is 0 Å². The van der Waals surface area contributed by atoms with Crippen LogP contribution in [0.15, 0.2) is 60.7 Å². The number of ketones is 1. The van der Waals surface area contributed by atoms with Crippen LogP contribution in [0.5, 0.6) is 0 Å². The van der Waals surface area contributed by atoms with Crippen molar-refractivity contribution >= 4 is 27.7 Å². The van der Waals surface area contributed by atoms with Gasteiger partial charge in [-0.15, -0.1) is 0 Å². The number of hydrogen-bond acceptors (Lipinski definition) is 2. The number of aryl methyl sites for hydroxylation is 1. The van der Waals surface area contributed by atoms with Gasteiger partial charge in [-0.2, -0.15) is 0 Å². The van der Waals surface area contributed by atoms with E-state index in [2.05, 4.69) is 9.97 Å². The Morgan fingerprint density at radius 2 is 1.73 bits per heavy atom. The molecule has 0 saturated heterocycles. The first-order chi connectivity index (χ1) is 10.7. The molecule has 3 nitrogen and oxygen atoms in total. The van der Waals surface area contributed by atoms with Gasteiger partial charge in [0, 0.05) is 33.1 Å². The molecule has 106 valence electrons. The van der Waals surface area contributed by atoms with Crippen molar-refractivity contribution in [1.82, 2.24) is 9.97 Å². The first-order valence-electron chi connectivity index (χ1n) is 7.21. The van der Waals surface area contributed by atoms with E-state index in [1.807, 2.05) is 67.6 Å². The second-order valence-corrected chi connectivity index (χ2v) is 5.43. The molecule has 2 aromatic carbocycles. The van der Waals surface area contributed by atoms with Crippen LogP contribution in [0.2, 0.25) is 0 Å². The van der Waals surface area contributed by atoms with Crippen LogP contribution in [0.1, 0.15) is 21.6 Å². The second-order valence-electron chi connectivity index (χ2n) is 5.43. The number of carbonyl (C=O) groups excluding carboxylic acids is 1. The number of carbonyl (C=O) groups is 1. The minimum atomic E-state index is 0.0388. The Labute approximate surface area is 127 Å². The monoisotopic (exact) mass is 286 g/mol. The minimum absolute atomic E-state index is 0.0388. The highest BCUT2D eigenvalue weighted by Crippen LogP contribution is 2.26. The Hall–Kier alpha value is -2.94. The number of benzene rings is 2. The fraction of sp³-hybridized carbons (Fsp3) is 0.0526. The number of H-pyrrole nitrogens is 1. The molecular formula is C19H14N2O. The largest absolute Gasteiger partial charge is 0.339 e. The highest BCUT2D eigenvalue weighted by molar-refractivity contribution is 6.13. The number of hydrogen-bond donors (Lipinski definition) is 1. The molecule has 0 aliphatic heterocycles. The SMILES string of the molecule is Cc1ccc2c(n1)[nH]c1ccc(C(=O)c3ccccc3)cc12. The highest BCUT2D eigenvalue weighted by Gasteiger charge is 2.12. The lowest BCUT2D eigenvalue weighted by molar-refractivity contribution is 0.103. The molecule has 0 radical (unpaired) electrons. The van der Waals surface area contributed by atoms with Gasteiger partial charge in [0.25, 0.3) is 0 Å². The maximum atomic E-state index is 12.6. The predicted molar refractivity (Wildman–Crippen MR) is 88.2 cm³/mol. The molecule has 1 N–H and O–H groups in total. The second kappa shape index (κ2) is 4.81. The summed E-state index contributed by atoms with van der Waals surface area (Å²) >= 11 is 0.